The number of aromatic amines is 1. The van der Waals surface area contributed by atoms with E-state index in [1.54, 1.807) is 55.3 Å². The Morgan fingerprint density at radius 2 is 1.66 bits per heavy atom. The number of nitrogens with zero attached hydrogens (tertiary/aromatic N) is 1. The number of phenols is 1. The minimum atomic E-state index is -0.340. The first-order chi connectivity index (χ1) is 17.0. The molecule has 178 valence electrons. The predicted molar refractivity (Wildman–Crippen MR) is 132 cm³/mol. The molecule has 2 aliphatic carbocycles. The van der Waals surface area contributed by atoms with Gasteiger partial charge in [0, 0.05) is 16.0 Å². The van der Waals surface area contributed by atoms with Crippen LogP contribution in [0.3, 0.4) is 0 Å². The van der Waals surface area contributed by atoms with Crippen LogP contribution in [-0.2, 0) is 9.59 Å². The van der Waals surface area contributed by atoms with Crippen LogP contribution in [0.1, 0.15) is 22.8 Å². The fraction of sp³-hybridized carbons (Fsp3) is 0.346. The Bertz CT molecular complexity index is 1410. The van der Waals surface area contributed by atoms with Crippen LogP contribution in [-0.4, -0.2) is 34.3 Å². The summed E-state index contributed by atoms with van der Waals surface area (Å²) in [5.74, 6) is 0.217. The van der Waals surface area contributed by atoms with E-state index in [-0.39, 0.29) is 63.2 Å². The maximum absolute atomic E-state index is 13.7. The highest BCUT2D eigenvalue weighted by molar-refractivity contribution is 8.00. The fourth-order valence-electron chi connectivity index (χ4n) is 7.06. The van der Waals surface area contributed by atoms with Gasteiger partial charge in [-0.3, -0.25) is 19.3 Å². The number of hydrogen-bond donors (Lipinski definition) is 2. The molecule has 2 bridgehead atoms. The van der Waals surface area contributed by atoms with Gasteiger partial charge in [-0.1, -0.05) is 23.5 Å². The molecule has 2 saturated carbocycles. The summed E-state index contributed by atoms with van der Waals surface area (Å²) < 4.78 is 5.23. The van der Waals surface area contributed by atoms with Crippen molar-refractivity contribution in [3.05, 3.63) is 68.6 Å². The van der Waals surface area contributed by atoms with Gasteiger partial charge in [0.05, 0.1) is 29.7 Å². The van der Waals surface area contributed by atoms with E-state index in [1.807, 2.05) is 12.1 Å². The molecule has 3 fully saturated rings. The van der Waals surface area contributed by atoms with E-state index in [4.69, 9.17) is 4.74 Å². The van der Waals surface area contributed by atoms with Gasteiger partial charge in [-0.15, -0.1) is 11.8 Å². The SMILES string of the molecule is COc1ccc(N2C(=O)[C@H]3[C@@H]4C[C@@H]([C@@H]3C2=O)[C@H]2[C@H](c3ccc(O)cc3)c3sc(=O)[nH]c3S[C@H]42)cc1. The van der Waals surface area contributed by atoms with Crippen LogP contribution < -0.4 is 14.5 Å². The Balaban J connectivity index is 1.30. The Hall–Kier alpha value is -3.04. The molecule has 3 heterocycles. The lowest BCUT2D eigenvalue weighted by atomic mass is 9.68. The van der Waals surface area contributed by atoms with Gasteiger partial charge in [0.2, 0.25) is 11.8 Å². The summed E-state index contributed by atoms with van der Waals surface area (Å²) >= 11 is 2.91. The number of thioether (sulfide) groups is 1. The molecule has 0 unspecified atom stereocenters. The predicted octanol–water partition coefficient (Wildman–Crippen LogP) is 3.83. The molecule has 7 rings (SSSR count). The van der Waals surface area contributed by atoms with Crippen molar-refractivity contribution >= 4 is 40.6 Å². The maximum Gasteiger partial charge on any atom is 0.305 e. The number of ether oxygens (including phenoxy) is 1. The Morgan fingerprint density at radius 3 is 2.34 bits per heavy atom. The molecule has 7 nitrogen and oxygen atoms in total. The van der Waals surface area contributed by atoms with E-state index in [0.717, 1.165) is 21.9 Å². The lowest BCUT2D eigenvalue weighted by Gasteiger charge is -2.43. The van der Waals surface area contributed by atoms with Crippen molar-refractivity contribution in [2.75, 3.05) is 12.0 Å². The zero-order valence-corrected chi connectivity index (χ0v) is 20.3. The monoisotopic (exact) mass is 506 g/mol. The van der Waals surface area contributed by atoms with Crippen molar-refractivity contribution in [1.29, 1.82) is 0 Å². The smallest absolute Gasteiger partial charge is 0.305 e. The van der Waals surface area contributed by atoms with Gasteiger partial charge in [-0.05, 0) is 66.1 Å². The van der Waals surface area contributed by atoms with Crippen LogP contribution in [0, 0.1) is 29.6 Å². The van der Waals surface area contributed by atoms with Gasteiger partial charge >= 0.3 is 4.87 Å². The molecule has 0 radical (unpaired) electrons. The van der Waals surface area contributed by atoms with E-state index in [1.165, 1.54) is 16.2 Å². The highest BCUT2D eigenvalue weighted by atomic mass is 32.2. The van der Waals surface area contributed by atoms with Crippen LogP contribution in [0.2, 0.25) is 0 Å². The third-order valence-electron chi connectivity index (χ3n) is 8.31. The van der Waals surface area contributed by atoms with Crippen molar-refractivity contribution in [2.45, 2.75) is 22.6 Å². The second kappa shape index (κ2) is 7.48. The number of carbonyl (C=O) groups is 2. The average Bonchev–Trinajstić information content (AvgIpc) is 3.59. The molecule has 9 heteroatoms. The lowest BCUT2D eigenvalue weighted by molar-refractivity contribution is -0.123. The first kappa shape index (κ1) is 21.3. The number of carbonyl (C=O) groups excluding carboxylic acids is 2. The molecule has 1 saturated heterocycles. The molecule has 2 N–H and O–H groups in total. The first-order valence-corrected chi connectivity index (χ1v) is 13.4. The summed E-state index contributed by atoms with van der Waals surface area (Å²) in [5.41, 5.74) is 1.62. The molecule has 4 aliphatic rings. The number of thiazole rings is 1. The van der Waals surface area contributed by atoms with Gasteiger partial charge in [0.25, 0.3) is 0 Å². The number of H-pyrrole nitrogens is 1. The Kier molecular flexibility index (Phi) is 4.54. The van der Waals surface area contributed by atoms with Crippen LogP contribution >= 0.6 is 23.1 Å². The standard InChI is InChI=1S/C26H22N2O5S2/c1-33-14-8-4-12(5-9-14)28-24(30)19-15-10-16(20(19)25(28)31)21-18(15)17(11-2-6-13(29)7-3-11)22-23(34-21)27-26(32)35-22/h2-9,15-21,29H,10H2,1H3,(H,27,32)/t15-,16+,17+,18+,19+,20+,21-/m1/s1. The van der Waals surface area contributed by atoms with Crippen molar-refractivity contribution in [3.63, 3.8) is 0 Å². The van der Waals surface area contributed by atoms with Crippen LogP contribution in [0.4, 0.5) is 5.69 Å². The average molecular weight is 507 g/mol. The minimum absolute atomic E-state index is 0.0466. The number of aromatic hydroxyl groups is 1. The summed E-state index contributed by atoms with van der Waals surface area (Å²) in [4.78, 5) is 45.0. The second-order valence-electron chi connectivity index (χ2n) is 9.76. The summed E-state index contributed by atoms with van der Waals surface area (Å²) in [6.07, 6.45) is 0.847. The summed E-state index contributed by atoms with van der Waals surface area (Å²) in [6, 6.07) is 14.2. The van der Waals surface area contributed by atoms with E-state index in [0.29, 0.717) is 11.4 Å². The topological polar surface area (TPSA) is 99.7 Å². The molecule has 1 aromatic heterocycles. The van der Waals surface area contributed by atoms with Crippen LogP contribution in [0.25, 0.3) is 0 Å². The van der Waals surface area contributed by atoms with Crippen molar-refractivity contribution in [1.82, 2.24) is 4.98 Å². The van der Waals surface area contributed by atoms with E-state index in [9.17, 15) is 19.5 Å². The van der Waals surface area contributed by atoms with Crippen molar-refractivity contribution < 1.29 is 19.4 Å². The third-order valence-corrected chi connectivity index (χ3v) is 10.9. The number of aromatic nitrogens is 1. The van der Waals surface area contributed by atoms with Gasteiger partial charge in [0.15, 0.2) is 0 Å². The Morgan fingerprint density at radius 1 is 0.971 bits per heavy atom. The van der Waals surface area contributed by atoms with E-state index in [2.05, 4.69) is 4.98 Å². The molecule has 3 aromatic rings. The number of anilines is 1. The largest absolute Gasteiger partial charge is 0.508 e. The number of benzene rings is 2. The molecule has 35 heavy (non-hydrogen) atoms. The van der Waals surface area contributed by atoms with Crippen molar-refractivity contribution in [2.24, 2.45) is 29.6 Å². The third kappa shape index (κ3) is 2.88. The summed E-state index contributed by atoms with van der Waals surface area (Å²) in [7, 11) is 1.58. The fourth-order valence-corrected chi connectivity index (χ4v) is 9.95. The van der Waals surface area contributed by atoms with Crippen LogP contribution in [0.15, 0.2) is 58.4 Å². The quantitative estimate of drug-likeness (QED) is 0.524. The maximum atomic E-state index is 13.7. The highest BCUT2D eigenvalue weighted by Gasteiger charge is 2.69. The van der Waals surface area contributed by atoms with Crippen LogP contribution in [0.5, 0.6) is 11.5 Å². The zero-order valence-electron chi connectivity index (χ0n) is 18.7. The zero-order chi connectivity index (χ0) is 24.0. The molecular weight excluding hydrogens is 484 g/mol. The number of phenolic OH excluding ortho intramolecular Hbond substituents is 1. The Labute approximate surface area is 209 Å². The number of imide groups is 1. The minimum Gasteiger partial charge on any atom is -0.508 e. The number of methoxy groups -OCH3 is 1. The number of fused-ring (bicyclic) bond motifs is 9. The molecule has 7 atom stereocenters. The number of amides is 2. The van der Waals surface area contributed by atoms with Gasteiger partial charge in [-0.2, -0.15) is 0 Å². The number of hydrogen-bond acceptors (Lipinski definition) is 7. The first-order valence-electron chi connectivity index (χ1n) is 11.7. The molecular formula is C26H22N2O5S2. The van der Waals surface area contributed by atoms with E-state index < -0.39 is 0 Å². The van der Waals surface area contributed by atoms with E-state index >= 15 is 0 Å². The molecule has 2 aliphatic heterocycles. The van der Waals surface area contributed by atoms with Gasteiger partial charge < -0.3 is 14.8 Å². The second-order valence-corrected chi connectivity index (χ2v) is 12.0. The summed E-state index contributed by atoms with van der Waals surface area (Å²) in [6.45, 7) is 0. The molecule has 2 amide bonds. The lowest BCUT2D eigenvalue weighted by Crippen LogP contribution is -2.42. The number of nitrogens with one attached hydrogen (secondary N) is 1. The van der Waals surface area contributed by atoms with Gasteiger partial charge in [0.1, 0.15) is 11.5 Å². The molecule has 2 aromatic carbocycles. The van der Waals surface area contributed by atoms with Crippen molar-refractivity contribution in [3.8, 4) is 11.5 Å². The number of rotatable bonds is 3. The highest BCUT2D eigenvalue weighted by Crippen LogP contribution is 2.68. The van der Waals surface area contributed by atoms with Gasteiger partial charge in [-0.25, -0.2) is 0 Å². The molecule has 0 spiro atoms. The normalized spacial score (nSPS) is 32.5. The summed E-state index contributed by atoms with van der Waals surface area (Å²) in [5, 5.41) is 10.9.